The number of esters is 1. The number of rotatable bonds is 22. The van der Waals surface area contributed by atoms with Gasteiger partial charge in [-0.1, -0.05) is 66.2 Å². The number of hydrogen-bond donors (Lipinski definition) is 0. The minimum absolute atomic E-state index is 0.000951. The highest BCUT2D eigenvalue weighted by Crippen LogP contribution is 2.58. The summed E-state index contributed by atoms with van der Waals surface area (Å²) in [5.74, 6) is 0.301. The molecule has 0 amide bonds. The maximum Gasteiger partial charge on any atom is 0.311 e. The van der Waals surface area contributed by atoms with Crippen LogP contribution in [0.15, 0.2) is 0 Å². The van der Waals surface area contributed by atoms with Gasteiger partial charge in [-0.05, 0) is 26.2 Å². The standard InChI is InChI=1S/C27H46O9/c1-7-12-15-17-20-32-23-22(31-19-16-13-8-2)26(36-33-11-5)24(30-18-14-9-3)25(27(23)35-29-6)34-21(28)10-4/h7-20H2,1-6H3. The summed E-state index contributed by atoms with van der Waals surface area (Å²) in [5, 5.41) is 0. The van der Waals surface area contributed by atoms with Gasteiger partial charge in [-0.25, -0.2) is 0 Å². The lowest BCUT2D eigenvalue weighted by Gasteiger charge is -2.23. The monoisotopic (exact) mass is 514 g/mol. The average Bonchev–Trinajstić information content (AvgIpc) is 2.88. The van der Waals surface area contributed by atoms with Crippen LogP contribution in [-0.4, -0.2) is 39.5 Å². The Bertz CT molecular complexity index is 737. The Morgan fingerprint density at radius 2 is 1.08 bits per heavy atom. The molecular weight excluding hydrogens is 468 g/mol. The zero-order valence-corrected chi connectivity index (χ0v) is 23.1. The van der Waals surface area contributed by atoms with Crippen molar-refractivity contribution in [1.82, 2.24) is 0 Å². The lowest BCUT2D eigenvalue weighted by Crippen LogP contribution is -2.14. The third-order valence-electron chi connectivity index (χ3n) is 5.15. The van der Waals surface area contributed by atoms with E-state index in [0.29, 0.717) is 19.8 Å². The van der Waals surface area contributed by atoms with Crippen molar-refractivity contribution in [3.05, 3.63) is 0 Å². The van der Waals surface area contributed by atoms with Gasteiger partial charge in [0.15, 0.2) is 0 Å². The second-order valence-electron chi connectivity index (χ2n) is 8.21. The van der Waals surface area contributed by atoms with Crippen LogP contribution >= 0.6 is 0 Å². The molecule has 0 saturated carbocycles. The number of hydrogen-bond acceptors (Lipinski definition) is 9. The molecule has 9 heteroatoms. The van der Waals surface area contributed by atoms with E-state index in [0.717, 1.165) is 57.8 Å². The minimum Gasteiger partial charge on any atom is -0.486 e. The summed E-state index contributed by atoms with van der Waals surface area (Å²) in [7, 11) is 1.36. The van der Waals surface area contributed by atoms with Crippen LogP contribution in [0.1, 0.15) is 98.8 Å². The molecule has 0 spiro atoms. The van der Waals surface area contributed by atoms with E-state index >= 15 is 0 Å². The van der Waals surface area contributed by atoms with E-state index in [1.807, 2.05) is 0 Å². The molecule has 0 radical (unpaired) electrons. The molecule has 208 valence electrons. The van der Waals surface area contributed by atoms with E-state index in [9.17, 15) is 4.79 Å². The van der Waals surface area contributed by atoms with Crippen LogP contribution in [0.25, 0.3) is 0 Å². The van der Waals surface area contributed by atoms with Gasteiger partial charge >= 0.3 is 5.97 Å². The fourth-order valence-electron chi connectivity index (χ4n) is 3.19. The molecular formula is C27H46O9. The maximum atomic E-state index is 12.4. The predicted molar refractivity (Wildman–Crippen MR) is 137 cm³/mol. The van der Waals surface area contributed by atoms with Gasteiger partial charge in [0.2, 0.25) is 23.0 Å². The van der Waals surface area contributed by atoms with Gasteiger partial charge in [0.1, 0.15) is 0 Å². The first-order valence-corrected chi connectivity index (χ1v) is 13.4. The summed E-state index contributed by atoms with van der Waals surface area (Å²) in [6, 6.07) is 0. The molecule has 0 heterocycles. The molecule has 0 aliphatic rings. The largest absolute Gasteiger partial charge is 0.486 e. The summed E-state index contributed by atoms with van der Waals surface area (Å²) in [6.07, 6.45) is 8.77. The minimum atomic E-state index is -0.482. The third-order valence-corrected chi connectivity index (χ3v) is 5.15. The Morgan fingerprint density at radius 3 is 1.61 bits per heavy atom. The molecule has 9 nitrogen and oxygen atoms in total. The fourth-order valence-corrected chi connectivity index (χ4v) is 3.19. The van der Waals surface area contributed by atoms with Crippen LogP contribution in [0.4, 0.5) is 0 Å². The highest BCUT2D eigenvalue weighted by molar-refractivity contribution is 5.79. The number of benzene rings is 1. The molecule has 0 saturated heterocycles. The quantitative estimate of drug-likeness (QED) is 0.0534. The number of ether oxygens (including phenoxy) is 4. The number of unbranched alkanes of at least 4 members (excludes halogenated alkanes) is 6. The third kappa shape index (κ3) is 10.7. The Labute approximate surface area is 216 Å². The maximum absolute atomic E-state index is 12.4. The molecule has 0 bridgehead atoms. The molecule has 0 fully saturated rings. The van der Waals surface area contributed by atoms with E-state index < -0.39 is 5.97 Å². The molecule has 1 rings (SSSR count). The van der Waals surface area contributed by atoms with Crippen LogP contribution in [0.3, 0.4) is 0 Å². The number of carbonyl (C=O) groups excluding carboxylic acids is 1. The molecule has 0 atom stereocenters. The van der Waals surface area contributed by atoms with Crippen LogP contribution in [0.5, 0.6) is 34.5 Å². The van der Waals surface area contributed by atoms with Crippen molar-refractivity contribution in [2.24, 2.45) is 0 Å². The number of carbonyl (C=O) groups is 1. The van der Waals surface area contributed by atoms with E-state index in [-0.39, 0.29) is 47.5 Å². The van der Waals surface area contributed by atoms with Crippen LogP contribution in [0, 0.1) is 0 Å². The molecule has 0 aromatic heterocycles. The molecule has 1 aromatic carbocycles. The summed E-state index contributed by atoms with van der Waals surface area (Å²) in [4.78, 5) is 33.9. The van der Waals surface area contributed by atoms with Gasteiger partial charge in [-0.15, -0.1) is 0 Å². The molecule has 36 heavy (non-hydrogen) atoms. The van der Waals surface area contributed by atoms with Gasteiger partial charge in [-0.2, -0.15) is 9.78 Å². The Balaban J connectivity index is 3.70. The highest BCUT2D eigenvalue weighted by atomic mass is 17.2. The summed E-state index contributed by atoms with van der Waals surface area (Å²) >= 11 is 0. The van der Waals surface area contributed by atoms with Crippen molar-refractivity contribution in [2.45, 2.75) is 98.8 Å². The smallest absolute Gasteiger partial charge is 0.311 e. The lowest BCUT2D eigenvalue weighted by molar-refractivity contribution is -0.205. The average molecular weight is 515 g/mol. The molecule has 0 aliphatic carbocycles. The Kier molecular flexibility index (Phi) is 17.4. The van der Waals surface area contributed by atoms with E-state index in [4.69, 9.17) is 38.5 Å². The lowest BCUT2D eigenvalue weighted by atomic mass is 10.2. The van der Waals surface area contributed by atoms with E-state index in [1.54, 1.807) is 13.8 Å². The van der Waals surface area contributed by atoms with Crippen molar-refractivity contribution in [3.8, 4) is 34.5 Å². The molecule has 0 unspecified atom stereocenters. The van der Waals surface area contributed by atoms with Crippen molar-refractivity contribution in [1.29, 1.82) is 0 Å². The second kappa shape index (κ2) is 19.8. The predicted octanol–water partition coefficient (Wildman–Crippen LogP) is 6.98. The van der Waals surface area contributed by atoms with Gasteiger partial charge in [-0.3, -0.25) is 4.79 Å². The summed E-state index contributed by atoms with van der Waals surface area (Å²) in [5.41, 5.74) is 0. The first kappa shape index (κ1) is 31.6. The van der Waals surface area contributed by atoms with Gasteiger partial charge < -0.3 is 28.7 Å². The molecule has 0 N–H and O–H groups in total. The first-order valence-electron chi connectivity index (χ1n) is 13.4. The molecule has 0 aliphatic heterocycles. The highest BCUT2D eigenvalue weighted by Gasteiger charge is 2.34. The zero-order valence-electron chi connectivity index (χ0n) is 23.1. The zero-order chi connectivity index (χ0) is 26.6. The van der Waals surface area contributed by atoms with E-state index in [1.165, 1.54) is 7.11 Å². The summed E-state index contributed by atoms with van der Waals surface area (Å²) in [6.45, 7) is 11.3. The Hall–Kier alpha value is -2.39. The van der Waals surface area contributed by atoms with Crippen molar-refractivity contribution >= 4 is 5.97 Å². The van der Waals surface area contributed by atoms with Crippen molar-refractivity contribution < 1.29 is 43.3 Å². The van der Waals surface area contributed by atoms with Gasteiger partial charge in [0, 0.05) is 6.42 Å². The molecule has 1 aromatic rings. The van der Waals surface area contributed by atoms with E-state index in [2.05, 4.69) is 20.8 Å². The van der Waals surface area contributed by atoms with Crippen LogP contribution < -0.4 is 28.7 Å². The van der Waals surface area contributed by atoms with Gasteiger partial charge in [0.25, 0.3) is 11.5 Å². The van der Waals surface area contributed by atoms with Gasteiger partial charge in [0.05, 0.1) is 33.5 Å². The normalized spacial score (nSPS) is 10.7. The summed E-state index contributed by atoms with van der Waals surface area (Å²) < 4.78 is 24.1. The van der Waals surface area contributed by atoms with Crippen molar-refractivity contribution in [3.63, 3.8) is 0 Å². The Morgan fingerprint density at radius 1 is 0.583 bits per heavy atom. The topological polar surface area (TPSA) is 90.9 Å². The van der Waals surface area contributed by atoms with Crippen molar-refractivity contribution in [2.75, 3.05) is 33.5 Å². The first-order chi connectivity index (χ1) is 17.6. The fraction of sp³-hybridized carbons (Fsp3) is 0.741. The van der Waals surface area contributed by atoms with Crippen LogP contribution in [-0.2, 0) is 14.6 Å². The van der Waals surface area contributed by atoms with Crippen LogP contribution in [0.2, 0.25) is 0 Å². The SMILES string of the molecule is CCCCCCOc1c(OCCCCC)c(OOCC)c(OCCCC)c(OC(=O)CC)c1OOC. The second-order valence-corrected chi connectivity index (χ2v) is 8.21.